The molecule has 2 rings (SSSR count). The summed E-state index contributed by atoms with van der Waals surface area (Å²) in [4.78, 5) is 23.7. The molecule has 114 valence electrons. The third-order valence-corrected chi connectivity index (χ3v) is 3.33. The Labute approximate surface area is 128 Å². The van der Waals surface area contributed by atoms with Crippen LogP contribution in [0.15, 0.2) is 45.6 Å². The van der Waals surface area contributed by atoms with Crippen molar-refractivity contribution < 1.29 is 14.3 Å². The Bertz CT molecular complexity index is 765. The lowest BCUT2D eigenvalue weighted by Crippen LogP contribution is -2.12. The van der Waals surface area contributed by atoms with Crippen LogP contribution in [0.3, 0.4) is 0 Å². The number of hydrogen-bond donors (Lipinski definition) is 1. The first-order valence-electron chi connectivity index (χ1n) is 7.04. The van der Waals surface area contributed by atoms with Crippen molar-refractivity contribution in [2.24, 2.45) is 0 Å². The molecule has 0 saturated carbocycles. The number of carbonyl (C=O) groups is 1. The fourth-order valence-corrected chi connectivity index (χ4v) is 2.07. The van der Waals surface area contributed by atoms with Gasteiger partial charge < -0.3 is 9.52 Å². The van der Waals surface area contributed by atoms with Gasteiger partial charge in [0.15, 0.2) is 5.78 Å². The molecule has 1 aromatic heterocycles. The fourth-order valence-electron chi connectivity index (χ4n) is 2.07. The number of ketones is 1. The molecule has 1 aromatic carbocycles. The van der Waals surface area contributed by atoms with Gasteiger partial charge in [-0.2, -0.15) is 0 Å². The van der Waals surface area contributed by atoms with Crippen molar-refractivity contribution in [2.75, 3.05) is 0 Å². The largest absolute Gasteiger partial charge is 0.507 e. The Hall–Kier alpha value is -2.62. The van der Waals surface area contributed by atoms with E-state index >= 15 is 0 Å². The summed E-state index contributed by atoms with van der Waals surface area (Å²) in [6, 6.07) is 9.03. The van der Waals surface area contributed by atoms with E-state index in [1.165, 1.54) is 24.6 Å². The van der Waals surface area contributed by atoms with Gasteiger partial charge in [0.1, 0.15) is 17.1 Å². The second-order valence-corrected chi connectivity index (χ2v) is 5.42. The first-order chi connectivity index (χ1) is 10.4. The number of aryl methyl sites for hydroxylation is 1. The van der Waals surface area contributed by atoms with Crippen LogP contribution in [0.25, 0.3) is 6.08 Å². The zero-order chi connectivity index (χ0) is 16.3. The molecule has 0 amide bonds. The van der Waals surface area contributed by atoms with Gasteiger partial charge in [0.25, 0.3) is 0 Å². The normalized spacial score (nSPS) is 11.3. The minimum atomic E-state index is -0.831. The Morgan fingerprint density at radius 3 is 2.41 bits per heavy atom. The van der Waals surface area contributed by atoms with Gasteiger partial charge in [0.2, 0.25) is 0 Å². The molecule has 22 heavy (non-hydrogen) atoms. The monoisotopic (exact) mass is 298 g/mol. The van der Waals surface area contributed by atoms with Gasteiger partial charge in [0, 0.05) is 6.07 Å². The van der Waals surface area contributed by atoms with Gasteiger partial charge >= 0.3 is 5.63 Å². The van der Waals surface area contributed by atoms with E-state index in [9.17, 15) is 14.7 Å². The molecule has 2 aromatic rings. The predicted molar refractivity (Wildman–Crippen MR) is 85.3 cm³/mol. The van der Waals surface area contributed by atoms with E-state index in [4.69, 9.17) is 4.42 Å². The quantitative estimate of drug-likeness (QED) is 0.690. The summed E-state index contributed by atoms with van der Waals surface area (Å²) in [5.41, 5.74) is 0.872. The fraction of sp³-hybridized carbons (Fsp3) is 0.222. The lowest BCUT2D eigenvalue weighted by atomic mass is 10.0. The average molecular weight is 298 g/mol. The zero-order valence-electron chi connectivity index (χ0n) is 12.8. The Kier molecular flexibility index (Phi) is 4.61. The zero-order valence-corrected chi connectivity index (χ0v) is 12.8. The molecule has 0 spiro atoms. The maximum atomic E-state index is 12.0. The summed E-state index contributed by atoms with van der Waals surface area (Å²) in [5.74, 6) is -0.251. The van der Waals surface area contributed by atoms with E-state index in [1.54, 1.807) is 6.08 Å². The number of rotatable bonds is 4. The minimum absolute atomic E-state index is 0.257. The molecular formula is C18H18O4. The highest BCUT2D eigenvalue weighted by molar-refractivity contribution is 6.08. The lowest BCUT2D eigenvalue weighted by molar-refractivity contribution is 0.104. The van der Waals surface area contributed by atoms with Crippen molar-refractivity contribution in [1.82, 2.24) is 0 Å². The molecule has 1 heterocycles. The lowest BCUT2D eigenvalue weighted by Gasteiger charge is -2.04. The summed E-state index contributed by atoms with van der Waals surface area (Å²) < 4.78 is 4.83. The van der Waals surface area contributed by atoms with Crippen molar-refractivity contribution >= 4 is 11.9 Å². The highest BCUT2D eigenvalue weighted by Crippen LogP contribution is 2.17. The number of aromatic hydroxyl groups is 1. The summed E-state index contributed by atoms with van der Waals surface area (Å²) in [5, 5.41) is 9.72. The second-order valence-electron chi connectivity index (χ2n) is 5.42. The van der Waals surface area contributed by atoms with Crippen LogP contribution in [0.2, 0.25) is 0 Å². The smallest absolute Gasteiger partial charge is 0.351 e. The first-order valence-corrected chi connectivity index (χ1v) is 7.04. The predicted octanol–water partition coefficient (Wildman–Crippen LogP) is 3.67. The summed E-state index contributed by atoms with van der Waals surface area (Å²) >= 11 is 0. The third kappa shape index (κ3) is 3.52. The van der Waals surface area contributed by atoms with Crippen molar-refractivity contribution in [3.05, 3.63) is 69.3 Å². The number of benzene rings is 1. The molecule has 0 unspecified atom stereocenters. The molecule has 0 bridgehead atoms. The molecule has 0 fully saturated rings. The summed E-state index contributed by atoms with van der Waals surface area (Å²) in [7, 11) is 0. The van der Waals surface area contributed by atoms with Gasteiger partial charge in [-0.25, -0.2) is 4.79 Å². The molecule has 0 aliphatic rings. The average Bonchev–Trinajstić information content (AvgIpc) is 2.44. The van der Waals surface area contributed by atoms with Crippen LogP contribution in [-0.2, 0) is 0 Å². The van der Waals surface area contributed by atoms with Gasteiger partial charge in [-0.05, 0) is 30.0 Å². The van der Waals surface area contributed by atoms with E-state index in [2.05, 4.69) is 13.8 Å². The van der Waals surface area contributed by atoms with Crippen molar-refractivity contribution in [1.29, 1.82) is 0 Å². The standard InChI is InChI=1S/C18H18O4/c1-11(2)14-7-4-13(5-8-14)6-9-15(19)17-16(20)10-12(3)22-18(17)21/h4-11,20H,1-3H3/b9-6+. The van der Waals surface area contributed by atoms with E-state index in [0.29, 0.717) is 5.92 Å². The van der Waals surface area contributed by atoms with E-state index in [1.807, 2.05) is 24.3 Å². The highest BCUT2D eigenvalue weighted by atomic mass is 16.4. The molecule has 0 atom stereocenters. The van der Waals surface area contributed by atoms with Crippen LogP contribution in [-0.4, -0.2) is 10.9 Å². The Morgan fingerprint density at radius 2 is 1.86 bits per heavy atom. The first kappa shape index (κ1) is 15.8. The van der Waals surface area contributed by atoms with E-state index in [-0.39, 0.29) is 17.1 Å². The van der Waals surface area contributed by atoms with Crippen molar-refractivity contribution in [3.63, 3.8) is 0 Å². The molecule has 4 heteroatoms. The molecule has 0 aliphatic carbocycles. The molecular weight excluding hydrogens is 280 g/mol. The third-order valence-electron chi connectivity index (χ3n) is 3.33. The van der Waals surface area contributed by atoms with Gasteiger partial charge in [0.05, 0.1) is 0 Å². The molecule has 0 radical (unpaired) electrons. The van der Waals surface area contributed by atoms with Crippen LogP contribution in [0.5, 0.6) is 5.75 Å². The van der Waals surface area contributed by atoms with E-state index < -0.39 is 11.4 Å². The van der Waals surface area contributed by atoms with Crippen LogP contribution in [0.1, 0.15) is 47.0 Å². The minimum Gasteiger partial charge on any atom is -0.507 e. The van der Waals surface area contributed by atoms with Crippen molar-refractivity contribution in [3.8, 4) is 5.75 Å². The SMILES string of the molecule is Cc1cc(O)c(C(=O)/C=C/c2ccc(C(C)C)cc2)c(=O)o1. The van der Waals surface area contributed by atoms with Crippen LogP contribution < -0.4 is 5.63 Å². The van der Waals surface area contributed by atoms with Gasteiger partial charge in [-0.15, -0.1) is 0 Å². The highest BCUT2D eigenvalue weighted by Gasteiger charge is 2.15. The maximum absolute atomic E-state index is 12.0. The van der Waals surface area contributed by atoms with Crippen LogP contribution in [0.4, 0.5) is 0 Å². The molecule has 1 N–H and O–H groups in total. The number of allylic oxidation sites excluding steroid dienone is 1. The van der Waals surface area contributed by atoms with Crippen molar-refractivity contribution in [2.45, 2.75) is 26.7 Å². The molecule has 4 nitrogen and oxygen atoms in total. The van der Waals surface area contributed by atoms with Gasteiger partial charge in [-0.1, -0.05) is 44.2 Å². The Balaban J connectivity index is 2.23. The van der Waals surface area contributed by atoms with Gasteiger partial charge in [-0.3, -0.25) is 4.79 Å². The maximum Gasteiger partial charge on any atom is 0.351 e. The van der Waals surface area contributed by atoms with Crippen LogP contribution in [0, 0.1) is 6.92 Å². The second kappa shape index (κ2) is 6.43. The summed E-state index contributed by atoms with van der Waals surface area (Å²) in [6.45, 7) is 5.74. The Morgan fingerprint density at radius 1 is 1.23 bits per heavy atom. The summed E-state index contributed by atoms with van der Waals surface area (Å²) in [6.07, 6.45) is 2.86. The number of carbonyl (C=O) groups excluding carboxylic acids is 1. The molecule has 0 saturated heterocycles. The topological polar surface area (TPSA) is 67.5 Å². The van der Waals surface area contributed by atoms with Crippen LogP contribution >= 0.6 is 0 Å². The number of hydrogen-bond acceptors (Lipinski definition) is 4. The molecule has 0 aliphatic heterocycles. The van der Waals surface area contributed by atoms with E-state index in [0.717, 1.165) is 5.56 Å².